The van der Waals surface area contributed by atoms with Crippen LogP contribution in [0.4, 0.5) is 0 Å². The van der Waals surface area contributed by atoms with Crippen LogP contribution in [0, 0.1) is 0 Å². The fourth-order valence-corrected chi connectivity index (χ4v) is 1.84. The molecular weight excluding hydrogens is 229 g/mol. The zero-order chi connectivity index (χ0) is 7.03. The number of pyridine rings is 1. The Hall–Kier alpha value is -0.0513. The summed E-state index contributed by atoms with van der Waals surface area (Å²) >= 11 is 1.64. The molecule has 10 heavy (non-hydrogen) atoms. The van der Waals surface area contributed by atoms with Crippen LogP contribution >= 0.6 is 0 Å². The van der Waals surface area contributed by atoms with E-state index in [0.717, 1.165) is 0 Å². The van der Waals surface area contributed by atoms with E-state index in [1.54, 1.807) is 22.5 Å². The summed E-state index contributed by atoms with van der Waals surface area (Å²) in [7, 11) is 0. The number of hydrogen-bond acceptors (Lipinski definition) is 1. The van der Waals surface area contributed by atoms with E-state index in [0.29, 0.717) is 3.43 Å². The third kappa shape index (κ3) is 1.07. The number of aromatic nitrogens is 1. The van der Waals surface area contributed by atoms with Crippen molar-refractivity contribution < 1.29 is 0 Å². The summed E-state index contributed by atoms with van der Waals surface area (Å²) in [5, 5.41) is 0. The van der Waals surface area contributed by atoms with Crippen molar-refractivity contribution in [2.75, 3.05) is 0 Å². The molecule has 0 N–H and O–H groups in total. The predicted octanol–water partition coefficient (Wildman–Crippen LogP) is 1.24. The average Bonchev–Trinajstić information content (AvgIpc) is 2.72. The van der Waals surface area contributed by atoms with Gasteiger partial charge in [0.25, 0.3) is 0 Å². The van der Waals surface area contributed by atoms with Crippen LogP contribution in [0.3, 0.4) is 0 Å². The third-order valence-corrected chi connectivity index (χ3v) is 4.22. The Labute approximate surface area is 73.9 Å². The molecule has 2 rings (SSSR count). The molecule has 1 aromatic heterocycles. The summed E-state index contributed by atoms with van der Waals surface area (Å²) in [4.78, 5) is 4.11. The van der Waals surface area contributed by atoms with E-state index in [9.17, 15) is 0 Å². The summed E-state index contributed by atoms with van der Waals surface area (Å²) < 4.78 is 0.570. The Morgan fingerprint density at radius 3 is 2.80 bits per heavy atom. The van der Waals surface area contributed by atoms with Crippen molar-refractivity contribution in [2.24, 2.45) is 0 Å². The molecule has 0 atom stereocenters. The molecule has 1 saturated carbocycles. The van der Waals surface area contributed by atoms with E-state index in [4.69, 9.17) is 0 Å². The van der Waals surface area contributed by atoms with E-state index in [-0.39, 0.29) is 0 Å². The first-order chi connectivity index (χ1) is 4.81. The van der Waals surface area contributed by atoms with Crippen LogP contribution in [0.25, 0.3) is 0 Å². The van der Waals surface area contributed by atoms with E-state index < -0.39 is 0 Å². The van der Waals surface area contributed by atoms with Gasteiger partial charge in [0, 0.05) is 0 Å². The molecular formula is C8H8NSn. The maximum atomic E-state index is 4.11. The first kappa shape index (κ1) is 6.65. The van der Waals surface area contributed by atoms with Crippen LogP contribution in [0.5, 0.6) is 0 Å². The van der Waals surface area contributed by atoms with Crippen molar-refractivity contribution in [1.29, 1.82) is 0 Å². The first-order valence-corrected chi connectivity index (χ1v) is 4.89. The van der Waals surface area contributed by atoms with Gasteiger partial charge in [-0.15, -0.1) is 0 Å². The van der Waals surface area contributed by atoms with Crippen molar-refractivity contribution in [3.05, 3.63) is 30.1 Å². The molecule has 0 spiro atoms. The van der Waals surface area contributed by atoms with Crippen LogP contribution < -0.4 is 0 Å². The predicted molar refractivity (Wildman–Crippen MR) is 40.9 cm³/mol. The minimum absolute atomic E-state index is 0.570. The second-order valence-electron chi connectivity index (χ2n) is 2.82. The quantitative estimate of drug-likeness (QED) is 0.669. The molecule has 1 aromatic rings. The number of hydrogen-bond donors (Lipinski definition) is 0. The van der Waals surface area contributed by atoms with Gasteiger partial charge in [0.2, 0.25) is 0 Å². The van der Waals surface area contributed by atoms with Crippen LogP contribution in [0.2, 0.25) is 0 Å². The van der Waals surface area contributed by atoms with Crippen LogP contribution in [0.15, 0.2) is 24.5 Å². The van der Waals surface area contributed by atoms with Crippen molar-refractivity contribution in [3.63, 3.8) is 0 Å². The second kappa shape index (κ2) is 2.22. The van der Waals surface area contributed by atoms with Gasteiger partial charge in [-0.1, -0.05) is 0 Å². The fourth-order valence-electron chi connectivity index (χ4n) is 1.06. The molecule has 0 amide bonds. The van der Waals surface area contributed by atoms with E-state index in [1.165, 1.54) is 18.4 Å². The van der Waals surface area contributed by atoms with Gasteiger partial charge in [0.05, 0.1) is 0 Å². The summed E-state index contributed by atoms with van der Waals surface area (Å²) in [5.74, 6) is 0. The van der Waals surface area contributed by atoms with E-state index >= 15 is 0 Å². The monoisotopic (exact) mass is 238 g/mol. The summed E-state index contributed by atoms with van der Waals surface area (Å²) in [6.07, 6.45) is 6.58. The Morgan fingerprint density at radius 2 is 2.30 bits per heavy atom. The van der Waals surface area contributed by atoms with Crippen LogP contribution in [-0.4, -0.2) is 27.5 Å². The van der Waals surface area contributed by atoms with Gasteiger partial charge in [-0.2, -0.15) is 0 Å². The minimum atomic E-state index is 0.570. The zero-order valence-electron chi connectivity index (χ0n) is 5.67. The molecule has 1 nitrogen and oxygen atoms in total. The Balaban J connectivity index is 2.35. The van der Waals surface area contributed by atoms with E-state index in [1.807, 2.05) is 18.5 Å². The fraction of sp³-hybridized carbons (Fsp3) is 0.375. The molecule has 1 aliphatic carbocycles. The molecule has 0 bridgehead atoms. The molecule has 2 heteroatoms. The number of nitrogens with zero attached hydrogens (tertiary/aromatic N) is 1. The molecule has 0 saturated heterocycles. The van der Waals surface area contributed by atoms with Crippen LogP contribution in [0.1, 0.15) is 18.4 Å². The molecule has 1 heterocycles. The maximum absolute atomic E-state index is 4.11. The normalized spacial score (nSPS) is 20.5. The van der Waals surface area contributed by atoms with Gasteiger partial charge in [-0.3, -0.25) is 0 Å². The SMILES string of the molecule is [Sn][C]1(c2cccnc2)CC1. The van der Waals surface area contributed by atoms with Crippen molar-refractivity contribution in [3.8, 4) is 0 Å². The molecule has 1 aliphatic rings. The van der Waals surface area contributed by atoms with Gasteiger partial charge >= 0.3 is 73.9 Å². The molecule has 0 aliphatic heterocycles. The standard InChI is InChI=1S/C8H8N.Sn/c1-2-8(6-9-5-1)7-3-4-7;/h1-2,5-6H,3-4H2;. The van der Waals surface area contributed by atoms with Gasteiger partial charge in [0.1, 0.15) is 0 Å². The van der Waals surface area contributed by atoms with Crippen molar-refractivity contribution >= 4 is 22.5 Å². The number of rotatable bonds is 1. The van der Waals surface area contributed by atoms with Gasteiger partial charge in [-0.25, -0.2) is 0 Å². The summed E-state index contributed by atoms with van der Waals surface area (Å²) in [6, 6.07) is 4.22. The molecule has 49 valence electrons. The third-order valence-electron chi connectivity index (χ3n) is 1.96. The van der Waals surface area contributed by atoms with Crippen molar-refractivity contribution in [1.82, 2.24) is 4.98 Å². The molecule has 1 fully saturated rings. The van der Waals surface area contributed by atoms with Gasteiger partial charge in [-0.05, 0) is 0 Å². The second-order valence-corrected chi connectivity index (χ2v) is 5.56. The Kier molecular flexibility index (Phi) is 1.48. The molecule has 3 radical (unpaired) electrons. The zero-order valence-corrected chi connectivity index (χ0v) is 8.52. The average molecular weight is 237 g/mol. The van der Waals surface area contributed by atoms with E-state index in [2.05, 4.69) is 11.1 Å². The first-order valence-electron chi connectivity index (χ1n) is 3.47. The summed E-state index contributed by atoms with van der Waals surface area (Å²) in [5.41, 5.74) is 1.44. The Morgan fingerprint density at radius 1 is 1.50 bits per heavy atom. The van der Waals surface area contributed by atoms with Crippen molar-refractivity contribution in [2.45, 2.75) is 16.3 Å². The Bertz CT molecular complexity index is 228. The van der Waals surface area contributed by atoms with Gasteiger partial charge in [0.15, 0.2) is 0 Å². The van der Waals surface area contributed by atoms with Crippen LogP contribution in [-0.2, 0) is 3.43 Å². The molecule has 0 unspecified atom stereocenters. The summed E-state index contributed by atoms with van der Waals surface area (Å²) in [6.45, 7) is 0. The topological polar surface area (TPSA) is 12.9 Å². The van der Waals surface area contributed by atoms with Gasteiger partial charge < -0.3 is 0 Å². The molecule has 0 aromatic carbocycles.